The molecule has 2 heterocycles. The highest BCUT2D eigenvalue weighted by molar-refractivity contribution is 7.90. The number of nitrogens with zero attached hydrogens (tertiary/aromatic N) is 2. The largest absolute Gasteiger partial charge is 0.358 e. The Labute approximate surface area is 155 Å². The van der Waals surface area contributed by atoms with E-state index >= 15 is 0 Å². The summed E-state index contributed by atoms with van der Waals surface area (Å²) in [4.78, 5) is 2.15. The summed E-state index contributed by atoms with van der Waals surface area (Å²) in [5.74, 6) is 0.972. The zero-order valence-electron chi connectivity index (χ0n) is 15.1. The van der Waals surface area contributed by atoms with E-state index in [9.17, 15) is 8.42 Å². The van der Waals surface area contributed by atoms with Gasteiger partial charge in [-0.25, -0.2) is 8.42 Å². The van der Waals surface area contributed by atoms with Gasteiger partial charge in [0.25, 0.3) is 10.0 Å². The molecule has 0 bridgehead atoms. The molecule has 0 saturated carbocycles. The molecule has 4 rings (SSSR count). The zero-order chi connectivity index (χ0) is 18.1. The van der Waals surface area contributed by atoms with Crippen LogP contribution in [-0.4, -0.2) is 38.0 Å². The highest BCUT2D eigenvalue weighted by atomic mass is 32.2. The first-order valence-electron chi connectivity index (χ1n) is 9.22. The lowest BCUT2D eigenvalue weighted by Crippen LogP contribution is -2.46. The molecule has 2 aliphatic rings. The molecule has 2 aromatic carbocycles. The third kappa shape index (κ3) is 3.68. The van der Waals surface area contributed by atoms with Crippen molar-refractivity contribution in [3.8, 4) is 0 Å². The van der Waals surface area contributed by atoms with Gasteiger partial charge in [0.2, 0.25) is 0 Å². The van der Waals surface area contributed by atoms with E-state index in [1.54, 1.807) is 0 Å². The number of hydrogen-bond acceptors (Lipinski definition) is 3. The lowest BCUT2D eigenvalue weighted by molar-refractivity contribution is 0.366. The van der Waals surface area contributed by atoms with Crippen LogP contribution in [0.25, 0.3) is 0 Å². The second kappa shape index (κ2) is 6.88. The second-order valence-electron chi connectivity index (χ2n) is 7.32. The summed E-state index contributed by atoms with van der Waals surface area (Å²) in [6, 6.07) is 17.2. The Morgan fingerprint density at radius 2 is 1.65 bits per heavy atom. The van der Waals surface area contributed by atoms with Gasteiger partial charge in [-0.1, -0.05) is 54.1 Å². The van der Waals surface area contributed by atoms with Gasteiger partial charge in [-0.2, -0.15) is 0 Å². The maximum absolute atomic E-state index is 11.9. The van der Waals surface area contributed by atoms with Crippen LogP contribution in [0.4, 0.5) is 0 Å². The SMILES string of the molecule is Cc1ccc(Cc2ccc(C3CCCN4CCS(=O)(=O)N=C34)cc2)cc1. The van der Waals surface area contributed by atoms with Gasteiger partial charge in [-0.05, 0) is 42.9 Å². The van der Waals surface area contributed by atoms with E-state index in [0.29, 0.717) is 6.54 Å². The van der Waals surface area contributed by atoms with Crippen LogP contribution in [0, 0.1) is 6.92 Å². The Morgan fingerprint density at radius 3 is 2.35 bits per heavy atom. The summed E-state index contributed by atoms with van der Waals surface area (Å²) in [5.41, 5.74) is 5.01. The zero-order valence-corrected chi connectivity index (χ0v) is 15.9. The van der Waals surface area contributed by atoms with E-state index in [4.69, 9.17) is 0 Å². The minimum absolute atomic E-state index is 0.0900. The maximum Gasteiger partial charge on any atom is 0.256 e. The maximum atomic E-state index is 11.9. The minimum Gasteiger partial charge on any atom is -0.358 e. The molecular formula is C21H24N2O2S. The molecule has 0 spiro atoms. The smallest absolute Gasteiger partial charge is 0.256 e. The van der Waals surface area contributed by atoms with Gasteiger partial charge in [0.1, 0.15) is 5.84 Å². The van der Waals surface area contributed by atoms with Crippen LogP contribution >= 0.6 is 0 Å². The summed E-state index contributed by atoms with van der Waals surface area (Å²) >= 11 is 0. The van der Waals surface area contributed by atoms with Gasteiger partial charge in [0.15, 0.2) is 0 Å². The van der Waals surface area contributed by atoms with Crippen LogP contribution in [0.15, 0.2) is 52.9 Å². The molecule has 0 amide bonds. The van der Waals surface area contributed by atoms with E-state index in [0.717, 1.165) is 31.6 Å². The van der Waals surface area contributed by atoms with Gasteiger partial charge >= 0.3 is 0 Å². The van der Waals surface area contributed by atoms with E-state index < -0.39 is 10.0 Å². The lowest BCUT2D eigenvalue weighted by atomic mass is 9.88. The molecule has 1 saturated heterocycles. The molecule has 2 aromatic rings. The van der Waals surface area contributed by atoms with Crippen molar-refractivity contribution < 1.29 is 8.42 Å². The highest BCUT2D eigenvalue weighted by Gasteiger charge is 2.33. The molecule has 0 radical (unpaired) electrons. The second-order valence-corrected chi connectivity index (χ2v) is 9.08. The van der Waals surface area contributed by atoms with Crippen molar-refractivity contribution in [2.75, 3.05) is 18.8 Å². The third-order valence-electron chi connectivity index (χ3n) is 5.32. The Morgan fingerprint density at radius 1 is 1.00 bits per heavy atom. The number of amidine groups is 1. The molecule has 1 unspecified atom stereocenters. The van der Waals surface area contributed by atoms with Crippen LogP contribution in [0.3, 0.4) is 0 Å². The summed E-state index contributed by atoms with van der Waals surface area (Å²) in [5, 5.41) is 0. The molecule has 0 aromatic heterocycles. The van der Waals surface area contributed by atoms with Crippen LogP contribution in [0.5, 0.6) is 0 Å². The van der Waals surface area contributed by atoms with Gasteiger partial charge in [-0.15, -0.1) is 4.40 Å². The van der Waals surface area contributed by atoms with Gasteiger partial charge in [-0.3, -0.25) is 0 Å². The van der Waals surface area contributed by atoms with E-state index in [-0.39, 0.29) is 11.7 Å². The average Bonchev–Trinajstić information content (AvgIpc) is 2.63. The molecule has 1 fully saturated rings. The van der Waals surface area contributed by atoms with Gasteiger partial charge < -0.3 is 4.90 Å². The quantitative estimate of drug-likeness (QED) is 0.833. The fourth-order valence-corrected chi connectivity index (χ4v) is 4.91. The van der Waals surface area contributed by atoms with Gasteiger partial charge in [0, 0.05) is 19.0 Å². The van der Waals surface area contributed by atoms with Crippen LogP contribution in [-0.2, 0) is 16.4 Å². The fraction of sp³-hybridized carbons (Fsp3) is 0.381. The summed E-state index contributed by atoms with van der Waals surface area (Å²) < 4.78 is 28.0. The number of fused-ring (bicyclic) bond motifs is 1. The molecule has 26 heavy (non-hydrogen) atoms. The number of benzene rings is 2. The summed E-state index contributed by atoms with van der Waals surface area (Å²) in [6.45, 7) is 3.58. The lowest BCUT2D eigenvalue weighted by Gasteiger charge is -2.37. The van der Waals surface area contributed by atoms with E-state index in [1.807, 2.05) is 0 Å². The van der Waals surface area contributed by atoms with Crippen LogP contribution < -0.4 is 0 Å². The molecule has 4 nitrogen and oxygen atoms in total. The monoisotopic (exact) mass is 368 g/mol. The first kappa shape index (κ1) is 17.3. The van der Waals surface area contributed by atoms with E-state index in [1.165, 1.54) is 22.3 Å². The van der Waals surface area contributed by atoms with Crippen molar-refractivity contribution in [2.24, 2.45) is 4.40 Å². The molecule has 136 valence electrons. The number of sulfonamides is 1. The van der Waals surface area contributed by atoms with E-state index in [2.05, 4.69) is 64.8 Å². The van der Waals surface area contributed by atoms with Crippen LogP contribution in [0.1, 0.15) is 41.0 Å². The first-order chi connectivity index (χ1) is 12.5. The predicted octanol–water partition coefficient (Wildman–Crippen LogP) is 3.51. The molecule has 2 aliphatic heterocycles. The summed E-state index contributed by atoms with van der Waals surface area (Å²) in [7, 11) is -3.30. The minimum atomic E-state index is -3.30. The normalized spacial score (nSPS) is 21.8. The van der Waals surface area contributed by atoms with Crippen molar-refractivity contribution in [2.45, 2.75) is 32.1 Å². The Bertz CT molecular complexity index is 915. The van der Waals surface area contributed by atoms with Crippen molar-refractivity contribution in [1.29, 1.82) is 0 Å². The molecule has 1 atom stereocenters. The molecule has 5 heteroatoms. The standard InChI is InChI=1S/C21H24N2O2S/c1-16-4-6-17(7-5-16)15-18-8-10-19(11-9-18)20-3-2-12-23-13-14-26(24,25)22-21(20)23/h4-11,20H,2-3,12-15H2,1H3. The number of rotatable bonds is 3. The van der Waals surface area contributed by atoms with Crippen molar-refractivity contribution in [1.82, 2.24) is 4.90 Å². The van der Waals surface area contributed by atoms with Crippen molar-refractivity contribution in [3.63, 3.8) is 0 Å². The van der Waals surface area contributed by atoms with Gasteiger partial charge in [0.05, 0.1) is 5.75 Å². The number of piperidine rings is 1. The highest BCUT2D eigenvalue weighted by Crippen LogP contribution is 2.31. The van der Waals surface area contributed by atoms with Crippen molar-refractivity contribution >= 4 is 15.9 Å². The number of hydrogen-bond donors (Lipinski definition) is 0. The molecular weight excluding hydrogens is 344 g/mol. The summed E-state index contributed by atoms with van der Waals surface area (Å²) in [6.07, 6.45) is 2.95. The topological polar surface area (TPSA) is 49.7 Å². The number of aryl methyl sites for hydroxylation is 1. The Kier molecular flexibility index (Phi) is 4.57. The fourth-order valence-electron chi connectivity index (χ4n) is 3.84. The average molecular weight is 369 g/mol. The molecule has 0 aliphatic carbocycles. The van der Waals surface area contributed by atoms with Crippen molar-refractivity contribution in [3.05, 3.63) is 70.8 Å². The van der Waals surface area contributed by atoms with Crippen LogP contribution in [0.2, 0.25) is 0 Å². The Balaban J connectivity index is 1.56. The Hall–Kier alpha value is -2.14. The molecule has 0 N–H and O–H groups in total. The first-order valence-corrected chi connectivity index (χ1v) is 10.8. The predicted molar refractivity (Wildman–Crippen MR) is 105 cm³/mol. The third-order valence-corrected chi connectivity index (χ3v) is 6.48.